The summed E-state index contributed by atoms with van der Waals surface area (Å²) in [6.07, 6.45) is 0.707. The summed E-state index contributed by atoms with van der Waals surface area (Å²) in [5.74, 6) is -0.327. The molecular formula is C21H18FN3O2S2. The van der Waals surface area contributed by atoms with E-state index in [2.05, 4.69) is 10.6 Å². The molecule has 148 valence electrons. The van der Waals surface area contributed by atoms with Crippen molar-refractivity contribution in [1.29, 1.82) is 0 Å². The minimum atomic E-state index is -3.63. The number of anilines is 3. The SMILES string of the molecule is O=S(=O)(c1ccc(NC(=S)Nc2ccc(F)cc2)cc1)N1CCc2ccccc21. The van der Waals surface area contributed by atoms with Crippen molar-refractivity contribution in [3.63, 3.8) is 0 Å². The van der Waals surface area contributed by atoms with Crippen molar-refractivity contribution in [3.05, 3.63) is 84.2 Å². The molecule has 8 heteroatoms. The van der Waals surface area contributed by atoms with Crippen LogP contribution in [-0.2, 0) is 16.4 Å². The molecule has 4 rings (SSSR count). The van der Waals surface area contributed by atoms with Crippen molar-refractivity contribution in [1.82, 2.24) is 0 Å². The van der Waals surface area contributed by atoms with Gasteiger partial charge in [-0.2, -0.15) is 0 Å². The second-order valence-corrected chi connectivity index (χ2v) is 8.84. The van der Waals surface area contributed by atoms with Gasteiger partial charge in [0.1, 0.15) is 5.82 Å². The van der Waals surface area contributed by atoms with E-state index in [9.17, 15) is 12.8 Å². The first-order valence-electron chi connectivity index (χ1n) is 8.98. The molecule has 0 aliphatic carbocycles. The van der Waals surface area contributed by atoms with Crippen molar-refractivity contribution < 1.29 is 12.8 Å². The molecule has 29 heavy (non-hydrogen) atoms. The topological polar surface area (TPSA) is 61.4 Å². The van der Waals surface area contributed by atoms with E-state index >= 15 is 0 Å². The van der Waals surface area contributed by atoms with Crippen molar-refractivity contribution in [2.75, 3.05) is 21.5 Å². The lowest BCUT2D eigenvalue weighted by molar-refractivity contribution is 0.592. The highest BCUT2D eigenvalue weighted by molar-refractivity contribution is 7.92. The number of rotatable bonds is 4. The van der Waals surface area contributed by atoms with Gasteiger partial charge in [0.25, 0.3) is 10.0 Å². The standard InChI is InChI=1S/C21H18FN3O2S2/c22-16-5-7-17(8-6-16)23-21(28)24-18-9-11-19(12-10-18)29(26,27)25-14-13-15-3-1-2-4-20(15)25/h1-12H,13-14H2,(H2,23,24,28). The normalized spacial score (nSPS) is 13.1. The fourth-order valence-corrected chi connectivity index (χ4v) is 4.96. The fourth-order valence-electron chi connectivity index (χ4n) is 3.22. The summed E-state index contributed by atoms with van der Waals surface area (Å²) in [4.78, 5) is 0.220. The molecule has 0 saturated heterocycles. The Balaban J connectivity index is 1.46. The molecule has 3 aromatic carbocycles. The first kappa shape index (κ1) is 19.4. The van der Waals surface area contributed by atoms with Gasteiger partial charge in [0, 0.05) is 17.9 Å². The van der Waals surface area contributed by atoms with Gasteiger partial charge in [0.05, 0.1) is 10.6 Å². The van der Waals surface area contributed by atoms with Gasteiger partial charge in [0.15, 0.2) is 5.11 Å². The number of benzene rings is 3. The molecule has 5 nitrogen and oxygen atoms in total. The van der Waals surface area contributed by atoms with Crippen LogP contribution in [0.15, 0.2) is 77.7 Å². The first-order chi connectivity index (χ1) is 13.9. The Kier molecular flexibility index (Phi) is 5.21. The largest absolute Gasteiger partial charge is 0.332 e. The number of sulfonamides is 1. The highest BCUT2D eigenvalue weighted by Crippen LogP contribution is 2.32. The Morgan fingerprint density at radius 1 is 0.897 bits per heavy atom. The number of fused-ring (bicyclic) bond motifs is 1. The summed E-state index contributed by atoms with van der Waals surface area (Å²) in [7, 11) is -3.63. The molecule has 2 N–H and O–H groups in total. The lowest BCUT2D eigenvalue weighted by Crippen LogP contribution is -2.29. The van der Waals surface area contributed by atoms with Gasteiger partial charge in [-0.1, -0.05) is 18.2 Å². The Labute approximate surface area is 174 Å². The number of para-hydroxylation sites is 1. The predicted octanol–water partition coefficient (Wildman–Crippen LogP) is 4.39. The van der Waals surface area contributed by atoms with Crippen LogP contribution in [0.3, 0.4) is 0 Å². The lowest BCUT2D eigenvalue weighted by atomic mass is 10.2. The van der Waals surface area contributed by atoms with E-state index in [-0.39, 0.29) is 10.7 Å². The average Bonchev–Trinajstić information content (AvgIpc) is 3.15. The lowest BCUT2D eigenvalue weighted by Gasteiger charge is -2.20. The smallest absolute Gasteiger partial charge is 0.264 e. The molecule has 0 amide bonds. The number of hydrogen-bond acceptors (Lipinski definition) is 3. The van der Waals surface area contributed by atoms with Crippen molar-refractivity contribution >= 4 is 44.4 Å². The maximum absolute atomic E-state index is 13.0. The quantitative estimate of drug-likeness (QED) is 0.605. The summed E-state index contributed by atoms with van der Waals surface area (Å²) < 4.78 is 40.5. The van der Waals surface area contributed by atoms with Gasteiger partial charge in [-0.15, -0.1) is 0 Å². The van der Waals surface area contributed by atoms with Gasteiger partial charge < -0.3 is 10.6 Å². The van der Waals surface area contributed by atoms with Crippen LogP contribution >= 0.6 is 12.2 Å². The Morgan fingerprint density at radius 2 is 1.48 bits per heavy atom. The molecule has 1 aliphatic rings. The van der Waals surface area contributed by atoms with Gasteiger partial charge in [0.2, 0.25) is 0 Å². The minimum absolute atomic E-state index is 0.220. The van der Waals surface area contributed by atoms with Crippen LogP contribution in [0, 0.1) is 5.82 Å². The Hall–Kier alpha value is -2.97. The highest BCUT2D eigenvalue weighted by Gasteiger charge is 2.30. The van der Waals surface area contributed by atoms with Crippen LogP contribution in [0.25, 0.3) is 0 Å². The van der Waals surface area contributed by atoms with E-state index in [1.807, 2.05) is 24.3 Å². The van der Waals surface area contributed by atoms with E-state index in [1.54, 1.807) is 36.4 Å². The number of thiocarbonyl (C=S) groups is 1. The van der Waals surface area contributed by atoms with Crippen molar-refractivity contribution in [2.45, 2.75) is 11.3 Å². The summed E-state index contributed by atoms with van der Waals surface area (Å²) in [5, 5.41) is 6.25. The van der Waals surface area contributed by atoms with E-state index in [0.29, 0.717) is 29.5 Å². The Bertz CT molecular complexity index is 1150. The number of nitrogens with one attached hydrogen (secondary N) is 2. The molecule has 0 saturated carbocycles. The third kappa shape index (κ3) is 4.08. The first-order valence-corrected chi connectivity index (χ1v) is 10.8. The van der Waals surface area contributed by atoms with Crippen LogP contribution in [-0.4, -0.2) is 20.1 Å². The van der Waals surface area contributed by atoms with E-state index < -0.39 is 10.0 Å². The second kappa shape index (κ2) is 7.81. The summed E-state index contributed by atoms with van der Waals surface area (Å²) in [5.41, 5.74) is 3.06. The third-order valence-corrected chi connectivity index (χ3v) is 6.68. The monoisotopic (exact) mass is 427 g/mol. The van der Waals surface area contributed by atoms with Crippen LogP contribution in [0.4, 0.5) is 21.5 Å². The zero-order valence-corrected chi connectivity index (χ0v) is 16.9. The van der Waals surface area contributed by atoms with E-state index in [4.69, 9.17) is 12.2 Å². The fraction of sp³-hybridized carbons (Fsp3) is 0.0952. The second-order valence-electron chi connectivity index (χ2n) is 6.57. The van der Waals surface area contributed by atoms with Gasteiger partial charge in [-0.05, 0) is 78.8 Å². The zero-order valence-electron chi connectivity index (χ0n) is 15.3. The van der Waals surface area contributed by atoms with Gasteiger partial charge >= 0.3 is 0 Å². The van der Waals surface area contributed by atoms with Gasteiger partial charge in [-0.3, -0.25) is 4.31 Å². The van der Waals surface area contributed by atoms with Crippen LogP contribution in [0.5, 0.6) is 0 Å². The molecule has 1 aliphatic heterocycles. The van der Waals surface area contributed by atoms with E-state index in [1.165, 1.54) is 16.4 Å². The molecule has 0 atom stereocenters. The maximum atomic E-state index is 13.0. The molecule has 0 bridgehead atoms. The number of nitrogens with zero attached hydrogens (tertiary/aromatic N) is 1. The molecule has 0 aromatic heterocycles. The third-order valence-electron chi connectivity index (χ3n) is 4.65. The molecule has 1 heterocycles. The minimum Gasteiger partial charge on any atom is -0.332 e. The number of hydrogen-bond donors (Lipinski definition) is 2. The van der Waals surface area contributed by atoms with Crippen LogP contribution in [0.1, 0.15) is 5.56 Å². The van der Waals surface area contributed by atoms with Crippen molar-refractivity contribution in [3.8, 4) is 0 Å². The average molecular weight is 428 g/mol. The summed E-state index contributed by atoms with van der Waals surface area (Å²) in [6, 6.07) is 19.8. The molecular weight excluding hydrogens is 409 g/mol. The van der Waals surface area contributed by atoms with Crippen molar-refractivity contribution in [2.24, 2.45) is 0 Å². The molecule has 0 radical (unpaired) electrons. The highest BCUT2D eigenvalue weighted by atomic mass is 32.2. The summed E-state index contributed by atoms with van der Waals surface area (Å²) in [6.45, 7) is 0.438. The predicted molar refractivity (Wildman–Crippen MR) is 117 cm³/mol. The zero-order chi connectivity index (χ0) is 20.4. The van der Waals surface area contributed by atoms with Crippen LogP contribution < -0.4 is 14.9 Å². The molecule has 0 unspecified atom stereocenters. The molecule has 0 spiro atoms. The Morgan fingerprint density at radius 3 is 2.14 bits per heavy atom. The van der Waals surface area contributed by atoms with Gasteiger partial charge in [-0.25, -0.2) is 12.8 Å². The molecule has 0 fully saturated rings. The van der Waals surface area contributed by atoms with E-state index in [0.717, 1.165) is 11.3 Å². The van der Waals surface area contributed by atoms with Crippen LogP contribution in [0.2, 0.25) is 0 Å². The summed E-state index contributed by atoms with van der Waals surface area (Å²) >= 11 is 5.25. The maximum Gasteiger partial charge on any atom is 0.264 e. The number of halogens is 1. The molecule has 3 aromatic rings.